The van der Waals surface area contributed by atoms with Crippen LogP contribution in [0.3, 0.4) is 0 Å². The smallest absolute Gasteiger partial charge is 0.314 e. The summed E-state index contributed by atoms with van der Waals surface area (Å²) in [6.07, 6.45) is 0.731. The van der Waals surface area contributed by atoms with Gasteiger partial charge in [-0.05, 0) is 42.5 Å². The predicted octanol–water partition coefficient (Wildman–Crippen LogP) is 2.32. The number of amides is 2. The number of ether oxygens (including phenoxy) is 1. The number of aryl methyl sites for hydroxylation is 1. The molecule has 8 heteroatoms. The van der Waals surface area contributed by atoms with Crippen LogP contribution in [-0.2, 0) is 13.0 Å². The van der Waals surface area contributed by atoms with Crippen molar-refractivity contribution < 1.29 is 9.53 Å². The van der Waals surface area contributed by atoms with Gasteiger partial charge in [0.25, 0.3) is 5.56 Å². The fraction of sp³-hybridized carbons (Fsp3) is 0.316. The first-order valence-electron chi connectivity index (χ1n) is 8.68. The van der Waals surface area contributed by atoms with Crippen molar-refractivity contribution in [1.29, 1.82) is 0 Å². The molecule has 0 spiro atoms. The van der Waals surface area contributed by atoms with E-state index in [0.29, 0.717) is 30.8 Å². The number of hydrogen-bond donors (Lipinski definition) is 2. The van der Waals surface area contributed by atoms with Gasteiger partial charge in [0.15, 0.2) is 0 Å². The molecular formula is C19H22N4O3S. The number of hydrogen-bond acceptors (Lipinski definition) is 5. The van der Waals surface area contributed by atoms with Gasteiger partial charge in [0.1, 0.15) is 16.4 Å². The highest BCUT2D eigenvalue weighted by atomic mass is 32.1. The summed E-state index contributed by atoms with van der Waals surface area (Å²) < 4.78 is 6.71. The van der Waals surface area contributed by atoms with E-state index >= 15 is 0 Å². The molecule has 2 heterocycles. The lowest BCUT2D eigenvalue weighted by Gasteiger charge is -2.11. The zero-order valence-corrected chi connectivity index (χ0v) is 16.1. The maximum absolute atomic E-state index is 12.5. The van der Waals surface area contributed by atoms with Crippen molar-refractivity contribution in [3.8, 4) is 5.75 Å². The highest BCUT2D eigenvalue weighted by Crippen LogP contribution is 2.14. The zero-order valence-electron chi connectivity index (χ0n) is 15.3. The number of aromatic nitrogens is 2. The molecule has 0 atom stereocenters. The molecule has 0 aliphatic heterocycles. The molecule has 142 valence electrons. The Hall–Kier alpha value is -2.87. The molecule has 0 saturated carbocycles. The van der Waals surface area contributed by atoms with Crippen LogP contribution in [0.5, 0.6) is 5.75 Å². The molecule has 2 amide bonds. The number of nitrogens with one attached hydrogen (secondary N) is 2. The van der Waals surface area contributed by atoms with Crippen LogP contribution in [0.2, 0.25) is 0 Å². The molecule has 0 aliphatic carbocycles. The van der Waals surface area contributed by atoms with Crippen LogP contribution in [0.4, 0.5) is 4.79 Å². The minimum Gasteiger partial charge on any atom is -0.497 e. The second kappa shape index (κ2) is 8.68. The highest BCUT2D eigenvalue weighted by molar-refractivity contribution is 7.16. The van der Waals surface area contributed by atoms with E-state index in [-0.39, 0.29) is 11.6 Å². The minimum absolute atomic E-state index is 0.0690. The first-order chi connectivity index (χ1) is 13.1. The van der Waals surface area contributed by atoms with Crippen LogP contribution in [0, 0.1) is 6.92 Å². The predicted molar refractivity (Wildman–Crippen MR) is 107 cm³/mol. The monoisotopic (exact) mass is 386 g/mol. The van der Waals surface area contributed by atoms with Crippen LogP contribution >= 0.6 is 11.3 Å². The van der Waals surface area contributed by atoms with Crippen molar-refractivity contribution >= 4 is 27.6 Å². The fourth-order valence-electron chi connectivity index (χ4n) is 2.77. The average Bonchev–Trinajstić information content (AvgIpc) is 3.13. The zero-order chi connectivity index (χ0) is 19.2. The largest absolute Gasteiger partial charge is 0.497 e. The van der Waals surface area contributed by atoms with Gasteiger partial charge in [-0.15, -0.1) is 11.3 Å². The van der Waals surface area contributed by atoms with Gasteiger partial charge in [0, 0.05) is 19.6 Å². The van der Waals surface area contributed by atoms with Crippen LogP contribution in [0.25, 0.3) is 10.2 Å². The number of rotatable bonds is 7. The van der Waals surface area contributed by atoms with Gasteiger partial charge in [-0.2, -0.15) is 0 Å². The van der Waals surface area contributed by atoms with E-state index in [2.05, 4.69) is 15.6 Å². The number of methoxy groups -OCH3 is 1. The van der Waals surface area contributed by atoms with Gasteiger partial charge < -0.3 is 15.4 Å². The lowest BCUT2D eigenvalue weighted by Crippen LogP contribution is -2.39. The Morgan fingerprint density at radius 3 is 2.67 bits per heavy atom. The molecule has 0 unspecified atom stereocenters. The second-order valence-electron chi connectivity index (χ2n) is 6.04. The lowest BCUT2D eigenvalue weighted by molar-refractivity contribution is 0.240. The second-order valence-corrected chi connectivity index (χ2v) is 6.93. The number of carbonyl (C=O) groups excluding carboxylic acids is 1. The van der Waals surface area contributed by atoms with Crippen molar-refractivity contribution in [1.82, 2.24) is 20.2 Å². The first kappa shape index (κ1) is 18.9. The van der Waals surface area contributed by atoms with Crippen LogP contribution in [0.15, 0.2) is 40.5 Å². The van der Waals surface area contributed by atoms with Gasteiger partial charge in [-0.1, -0.05) is 12.1 Å². The molecule has 3 rings (SSSR count). The van der Waals surface area contributed by atoms with Gasteiger partial charge >= 0.3 is 6.03 Å². The summed E-state index contributed by atoms with van der Waals surface area (Å²) in [4.78, 5) is 29.6. The van der Waals surface area contributed by atoms with Crippen molar-refractivity contribution in [3.05, 3.63) is 57.5 Å². The van der Waals surface area contributed by atoms with E-state index in [9.17, 15) is 9.59 Å². The fourth-order valence-corrected chi connectivity index (χ4v) is 3.57. The number of urea groups is 1. The Morgan fingerprint density at radius 2 is 1.93 bits per heavy atom. The topological polar surface area (TPSA) is 85.2 Å². The highest BCUT2D eigenvalue weighted by Gasteiger charge is 2.09. The normalized spacial score (nSPS) is 10.7. The molecule has 0 radical (unpaired) electrons. The van der Waals surface area contributed by atoms with E-state index in [0.717, 1.165) is 22.6 Å². The number of benzene rings is 1. The molecule has 2 N–H and O–H groups in total. The number of thiophene rings is 1. The quantitative estimate of drug-likeness (QED) is 0.653. The van der Waals surface area contributed by atoms with E-state index < -0.39 is 0 Å². The third kappa shape index (κ3) is 4.65. The Labute approximate surface area is 161 Å². The van der Waals surface area contributed by atoms with E-state index in [1.54, 1.807) is 24.7 Å². The van der Waals surface area contributed by atoms with Crippen LogP contribution in [0.1, 0.15) is 11.4 Å². The molecule has 3 aromatic rings. The number of fused-ring (bicyclic) bond motifs is 1. The van der Waals surface area contributed by atoms with Crippen molar-refractivity contribution in [2.45, 2.75) is 19.9 Å². The summed E-state index contributed by atoms with van der Waals surface area (Å²) in [7, 11) is 1.63. The van der Waals surface area contributed by atoms with Crippen molar-refractivity contribution in [2.24, 2.45) is 0 Å². The number of carbonyl (C=O) groups is 1. The third-order valence-corrected chi connectivity index (χ3v) is 5.06. The standard InChI is InChI=1S/C19H22N4O3S/c1-13-22-17-16(8-12-27-17)18(24)23(13)11-10-21-19(25)20-9-7-14-3-5-15(26-2)6-4-14/h3-6,8,12H,7,9-11H2,1-2H3,(H2,20,21,25). The molecule has 27 heavy (non-hydrogen) atoms. The van der Waals surface area contributed by atoms with Gasteiger partial charge in [-0.25, -0.2) is 9.78 Å². The average molecular weight is 386 g/mol. The summed E-state index contributed by atoms with van der Waals surface area (Å²) in [5.41, 5.74) is 1.05. The molecule has 2 aromatic heterocycles. The molecule has 1 aromatic carbocycles. The van der Waals surface area contributed by atoms with Crippen LogP contribution < -0.4 is 20.9 Å². The first-order valence-corrected chi connectivity index (χ1v) is 9.55. The Balaban J connectivity index is 1.45. The summed E-state index contributed by atoms with van der Waals surface area (Å²) >= 11 is 1.45. The van der Waals surface area contributed by atoms with Crippen molar-refractivity contribution in [2.75, 3.05) is 20.2 Å². The van der Waals surface area contributed by atoms with E-state index in [1.165, 1.54) is 11.3 Å². The van der Waals surface area contributed by atoms with Gasteiger partial charge in [0.05, 0.1) is 12.5 Å². The summed E-state index contributed by atoms with van der Waals surface area (Å²) in [6.45, 7) is 3.07. The molecule has 0 fully saturated rings. The van der Waals surface area contributed by atoms with Crippen molar-refractivity contribution in [3.63, 3.8) is 0 Å². The molecule has 0 saturated heterocycles. The molecular weight excluding hydrogens is 364 g/mol. The third-order valence-electron chi connectivity index (χ3n) is 4.25. The van der Waals surface area contributed by atoms with E-state index in [4.69, 9.17) is 4.74 Å². The Kier molecular flexibility index (Phi) is 6.08. The Bertz CT molecular complexity index is 979. The molecule has 0 bridgehead atoms. The summed E-state index contributed by atoms with van der Waals surface area (Å²) in [5.74, 6) is 1.46. The van der Waals surface area contributed by atoms with Crippen LogP contribution in [-0.4, -0.2) is 35.8 Å². The maximum atomic E-state index is 12.5. The molecule has 7 nitrogen and oxygen atoms in total. The van der Waals surface area contributed by atoms with E-state index in [1.807, 2.05) is 29.6 Å². The van der Waals surface area contributed by atoms with Gasteiger partial charge in [0.2, 0.25) is 0 Å². The van der Waals surface area contributed by atoms with Gasteiger partial charge in [-0.3, -0.25) is 9.36 Å². The molecule has 0 aliphatic rings. The SMILES string of the molecule is COc1ccc(CCNC(=O)NCCn2c(C)nc3sccc3c2=O)cc1. The lowest BCUT2D eigenvalue weighted by atomic mass is 10.1. The number of nitrogens with zero attached hydrogens (tertiary/aromatic N) is 2. The Morgan fingerprint density at radius 1 is 1.19 bits per heavy atom. The summed E-state index contributed by atoms with van der Waals surface area (Å²) in [6, 6.07) is 9.27. The maximum Gasteiger partial charge on any atom is 0.314 e. The minimum atomic E-state index is -0.251. The summed E-state index contributed by atoms with van der Waals surface area (Å²) in [5, 5.41) is 8.07.